The number of methoxy groups -OCH3 is 1. The van der Waals surface area contributed by atoms with Gasteiger partial charge in [0, 0.05) is 18.0 Å². The number of esters is 1. The molecule has 0 saturated carbocycles. The number of carbonyl (C=O) groups excluding carboxylic acids is 3. The van der Waals surface area contributed by atoms with Crippen LogP contribution in [0.4, 0.5) is 5.13 Å². The summed E-state index contributed by atoms with van der Waals surface area (Å²) in [5, 5.41) is 11.3. The number of anilines is 1. The second kappa shape index (κ2) is 9.44. The van der Waals surface area contributed by atoms with Crippen LogP contribution in [-0.4, -0.2) is 46.5 Å². The summed E-state index contributed by atoms with van der Waals surface area (Å²) in [5.41, 5.74) is 1.14. The molecule has 174 valence electrons. The summed E-state index contributed by atoms with van der Waals surface area (Å²) in [5.74, 6) is -2.16. The molecule has 1 atom stereocenters. The number of hydrogen-bond donors (Lipinski definition) is 1. The lowest BCUT2D eigenvalue weighted by Crippen LogP contribution is -2.29. The molecule has 1 aromatic carbocycles. The Kier molecular flexibility index (Phi) is 6.42. The van der Waals surface area contributed by atoms with Gasteiger partial charge in [0.2, 0.25) is 0 Å². The van der Waals surface area contributed by atoms with Crippen LogP contribution in [0.25, 0.3) is 5.76 Å². The van der Waals surface area contributed by atoms with Crippen molar-refractivity contribution in [3.63, 3.8) is 0 Å². The van der Waals surface area contributed by atoms with E-state index in [1.165, 1.54) is 24.4 Å². The standard InChI is InChI=1S/C24H21N3O6S/c1-4-33-23(31)21-13(2)26-24(34-21)27-18(14-8-10-25-11-9-14)17(20(29)22(27)30)19(28)15-6-5-7-16(12-15)32-3/h5-12,18,28H,4H2,1-3H3. The number of aliphatic hydroxyl groups is 1. The highest BCUT2D eigenvalue weighted by Crippen LogP contribution is 2.44. The smallest absolute Gasteiger partial charge is 0.350 e. The van der Waals surface area contributed by atoms with E-state index in [0.717, 1.165) is 11.3 Å². The van der Waals surface area contributed by atoms with Gasteiger partial charge in [-0.15, -0.1) is 0 Å². The summed E-state index contributed by atoms with van der Waals surface area (Å²) in [7, 11) is 1.49. The molecule has 34 heavy (non-hydrogen) atoms. The minimum absolute atomic E-state index is 0.102. The Morgan fingerprint density at radius 2 is 1.94 bits per heavy atom. The van der Waals surface area contributed by atoms with Gasteiger partial charge in [-0.25, -0.2) is 9.78 Å². The molecule has 1 N–H and O–H groups in total. The van der Waals surface area contributed by atoms with Crippen molar-refractivity contribution in [1.82, 2.24) is 9.97 Å². The number of ketones is 1. The number of Topliss-reactive ketones (excluding diaryl/α,β-unsaturated/α-hetero) is 1. The van der Waals surface area contributed by atoms with Gasteiger partial charge in [0.05, 0.1) is 31.0 Å². The number of carbonyl (C=O) groups is 3. The molecular weight excluding hydrogens is 458 g/mol. The summed E-state index contributed by atoms with van der Waals surface area (Å²) < 4.78 is 10.3. The van der Waals surface area contributed by atoms with E-state index in [1.807, 2.05) is 0 Å². The number of ether oxygens (including phenoxy) is 2. The third kappa shape index (κ3) is 4.03. The van der Waals surface area contributed by atoms with Gasteiger partial charge in [-0.2, -0.15) is 0 Å². The summed E-state index contributed by atoms with van der Waals surface area (Å²) in [4.78, 5) is 48.6. The molecule has 2 aromatic heterocycles. The van der Waals surface area contributed by atoms with Gasteiger partial charge >= 0.3 is 11.9 Å². The van der Waals surface area contributed by atoms with E-state index >= 15 is 0 Å². The van der Waals surface area contributed by atoms with Crippen molar-refractivity contribution in [3.05, 3.63) is 76.1 Å². The van der Waals surface area contributed by atoms with Crippen LogP contribution >= 0.6 is 11.3 Å². The van der Waals surface area contributed by atoms with Crippen molar-refractivity contribution >= 4 is 39.9 Å². The van der Waals surface area contributed by atoms with Gasteiger partial charge in [0.25, 0.3) is 5.78 Å². The molecule has 1 aliphatic heterocycles. The number of nitrogens with zero attached hydrogens (tertiary/aromatic N) is 3. The molecule has 10 heteroatoms. The Bertz CT molecular complexity index is 1300. The average Bonchev–Trinajstić information content (AvgIpc) is 3.36. The first-order valence-electron chi connectivity index (χ1n) is 10.4. The van der Waals surface area contributed by atoms with Gasteiger partial charge in [0.15, 0.2) is 5.13 Å². The Morgan fingerprint density at radius 1 is 1.21 bits per heavy atom. The summed E-state index contributed by atoms with van der Waals surface area (Å²) in [6.45, 7) is 3.50. The largest absolute Gasteiger partial charge is 0.507 e. The number of hydrogen-bond acceptors (Lipinski definition) is 9. The highest BCUT2D eigenvalue weighted by molar-refractivity contribution is 7.17. The number of aliphatic hydroxyl groups excluding tert-OH is 1. The van der Waals surface area contributed by atoms with Crippen molar-refractivity contribution < 1.29 is 29.0 Å². The average molecular weight is 480 g/mol. The van der Waals surface area contributed by atoms with Gasteiger partial charge in [-0.05, 0) is 43.7 Å². The first-order valence-corrected chi connectivity index (χ1v) is 11.2. The minimum Gasteiger partial charge on any atom is -0.507 e. The molecule has 1 fully saturated rings. The lowest BCUT2D eigenvalue weighted by molar-refractivity contribution is -0.132. The maximum atomic E-state index is 13.2. The second-order valence-corrected chi connectivity index (χ2v) is 8.29. The second-order valence-electron chi connectivity index (χ2n) is 7.31. The highest BCUT2D eigenvalue weighted by Gasteiger charge is 2.48. The molecule has 1 aliphatic rings. The van der Waals surface area contributed by atoms with Crippen molar-refractivity contribution in [2.75, 3.05) is 18.6 Å². The zero-order chi connectivity index (χ0) is 24.4. The highest BCUT2D eigenvalue weighted by atomic mass is 32.1. The molecule has 0 spiro atoms. The Balaban J connectivity index is 1.90. The molecule has 1 unspecified atom stereocenters. The Morgan fingerprint density at radius 3 is 2.62 bits per heavy atom. The quantitative estimate of drug-likeness (QED) is 0.246. The van der Waals surface area contributed by atoms with Gasteiger partial charge in [0.1, 0.15) is 16.4 Å². The van der Waals surface area contributed by atoms with E-state index in [-0.39, 0.29) is 27.9 Å². The lowest BCUT2D eigenvalue weighted by atomic mass is 9.96. The third-order valence-corrected chi connectivity index (χ3v) is 6.40. The Labute approximate surface area is 199 Å². The van der Waals surface area contributed by atoms with Crippen molar-refractivity contribution in [3.8, 4) is 5.75 Å². The van der Waals surface area contributed by atoms with Gasteiger partial charge < -0.3 is 14.6 Å². The fourth-order valence-electron chi connectivity index (χ4n) is 3.69. The van der Waals surface area contributed by atoms with E-state index in [0.29, 0.717) is 22.6 Å². The van der Waals surface area contributed by atoms with Crippen molar-refractivity contribution in [2.45, 2.75) is 19.9 Å². The molecule has 1 saturated heterocycles. The summed E-state index contributed by atoms with van der Waals surface area (Å²) in [6.07, 6.45) is 3.05. The van der Waals surface area contributed by atoms with Crippen LogP contribution in [0, 0.1) is 6.92 Å². The molecule has 0 radical (unpaired) electrons. The molecule has 3 heterocycles. The maximum absolute atomic E-state index is 13.2. The van der Waals surface area contributed by atoms with Crippen LogP contribution in [0.15, 0.2) is 54.4 Å². The van der Waals surface area contributed by atoms with Crippen molar-refractivity contribution in [2.24, 2.45) is 0 Å². The predicted molar refractivity (Wildman–Crippen MR) is 125 cm³/mol. The number of aromatic nitrogens is 2. The van der Waals surface area contributed by atoms with Crippen LogP contribution in [-0.2, 0) is 14.3 Å². The number of aryl methyl sites for hydroxylation is 1. The van der Waals surface area contributed by atoms with Crippen LogP contribution in [0.5, 0.6) is 5.75 Å². The van der Waals surface area contributed by atoms with Gasteiger partial charge in [-0.1, -0.05) is 23.5 Å². The SMILES string of the molecule is CCOC(=O)c1sc(N2C(=O)C(=O)C(=C(O)c3cccc(OC)c3)C2c2ccncc2)nc1C. The lowest BCUT2D eigenvalue weighted by Gasteiger charge is -2.22. The predicted octanol–water partition coefficient (Wildman–Crippen LogP) is 3.66. The number of thiazole rings is 1. The summed E-state index contributed by atoms with van der Waals surface area (Å²) >= 11 is 0.952. The zero-order valence-electron chi connectivity index (χ0n) is 18.6. The van der Waals surface area contributed by atoms with E-state index in [2.05, 4.69) is 9.97 Å². The molecular formula is C24H21N3O6S. The number of pyridine rings is 1. The van der Waals surface area contributed by atoms with Crippen LogP contribution in [0.1, 0.15) is 39.5 Å². The fourth-order valence-corrected chi connectivity index (χ4v) is 4.68. The minimum atomic E-state index is -0.977. The first kappa shape index (κ1) is 23.1. The van der Waals surface area contributed by atoms with E-state index in [1.54, 1.807) is 50.2 Å². The van der Waals surface area contributed by atoms with Crippen molar-refractivity contribution in [1.29, 1.82) is 0 Å². The molecule has 0 aliphatic carbocycles. The zero-order valence-corrected chi connectivity index (χ0v) is 19.5. The third-order valence-electron chi connectivity index (χ3n) is 5.26. The van der Waals surface area contributed by atoms with E-state index < -0.39 is 23.7 Å². The van der Waals surface area contributed by atoms with Crippen LogP contribution in [0.3, 0.4) is 0 Å². The van der Waals surface area contributed by atoms with E-state index in [9.17, 15) is 19.5 Å². The normalized spacial score (nSPS) is 17.1. The maximum Gasteiger partial charge on any atom is 0.350 e. The monoisotopic (exact) mass is 479 g/mol. The van der Waals surface area contributed by atoms with Gasteiger partial charge in [-0.3, -0.25) is 19.5 Å². The molecule has 9 nitrogen and oxygen atoms in total. The molecule has 1 amide bonds. The van der Waals surface area contributed by atoms with Crippen LogP contribution in [0.2, 0.25) is 0 Å². The first-order chi connectivity index (χ1) is 16.4. The summed E-state index contributed by atoms with van der Waals surface area (Å²) in [6, 6.07) is 8.87. The van der Waals surface area contributed by atoms with Crippen LogP contribution < -0.4 is 9.64 Å². The fraction of sp³-hybridized carbons (Fsp3) is 0.208. The topological polar surface area (TPSA) is 119 Å². The number of amides is 1. The number of benzene rings is 1. The number of rotatable bonds is 6. The molecule has 4 rings (SSSR count). The van der Waals surface area contributed by atoms with E-state index in [4.69, 9.17) is 9.47 Å². The molecule has 0 bridgehead atoms. The molecule has 3 aromatic rings. The Hall–Kier alpha value is -4.05.